The van der Waals surface area contributed by atoms with Gasteiger partial charge in [-0.3, -0.25) is 0 Å². The summed E-state index contributed by atoms with van der Waals surface area (Å²) in [7, 11) is -3.44. The highest BCUT2D eigenvalue weighted by molar-refractivity contribution is 7.89. The Labute approximate surface area is 121 Å². The summed E-state index contributed by atoms with van der Waals surface area (Å²) in [5.74, 6) is 1.63. The summed E-state index contributed by atoms with van der Waals surface area (Å²) < 4.78 is 32.7. The highest BCUT2D eigenvalue weighted by atomic mass is 32.2. The van der Waals surface area contributed by atoms with Gasteiger partial charge in [-0.05, 0) is 38.6 Å². The van der Waals surface area contributed by atoms with Crippen molar-refractivity contribution >= 4 is 10.0 Å². The van der Waals surface area contributed by atoms with Gasteiger partial charge >= 0.3 is 0 Å². The molecule has 1 fully saturated rings. The van der Waals surface area contributed by atoms with E-state index in [2.05, 4.69) is 17.0 Å². The maximum Gasteiger partial charge on any atom is 0.244 e. The Kier molecular flexibility index (Phi) is 5.23. The highest BCUT2D eigenvalue weighted by Crippen LogP contribution is 2.26. The molecule has 0 radical (unpaired) electrons. The van der Waals surface area contributed by atoms with Gasteiger partial charge in [0.1, 0.15) is 16.4 Å². The van der Waals surface area contributed by atoms with E-state index in [0.717, 1.165) is 25.8 Å². The lowest BCUT2D eigenvalue weighted by atomic mass is 9.86. The first-order chi connectivity index (χ1) is 9.53. The Hall–Kier alpha value is -0.850. The van der Waals surface area contributed by atoms with Crippen LogP contribution in [-0.2, 0) is 16.6 Å². The van der Waals surface area contributed by atoms with Gasteiger partial charge in [0.2, 0.25) is 10.0 Å². The fourth-order valence-electron chi connectivity index (χ4n) is 2.27. The summed E-state index contributed by atoms with van der Waals surface area (Å²) in [5, 5.41) is 3.20. The van der Waals surface area contributed by atoms with E-state index in [0.29, 0.717) is 30.5 Å². The van der Waals surface area contributed by atoms with Gasteiger partial charge in [0.05, 0.1) is 6.54 Å². The van der Waals surface area contributed by atoms with E-state index in [1.54, 1.807) is 13.0 Å². The van der Waals surface area contributed by atoms with Crippen molar-refractivity contribution in [1.82, 2.24) is 10.0 Å². The molecule has 0 amide bonds. The number of nitrogens with one attached hydrogen (secondary N) is 2. The second-order valence-electron chi connectivity index (χ2n) is 5.46. The van der Waals surface area contributed by atoms with Crippen molar-refractivity contribution in [2.75, 3.05) is 13.1 Å². The van der Waals surface area contributed by atoms with Gasteiger partial charge in [0.25, 0.3) is 0 Å². The van der Waals surface area contributed by atoms with Gasteiger partial charge in [-0.25, -0.2) is 13.1 Å². The molecule has 2 rings (SSSR count). The number of furan rings is 1. The van der Waals surface area contributed by atoms with Crippen LogP contribution in [0.2, 0.25) is 0 Å². The quantitative estimate of drug-likeness (QED) is 0.722. The molecule has 0 aliphatic heterocycles. The predicted molar refractivity (Wildman–Crippen MR) is 78.0 cm³/mol. The monoisotopic (exact) mass is 300 g/mol. The van der Waals surface area contributed by atoms with Crippen molar-refractivity contribution in [2.45, 2.75) is 51.0 Å². The summed E-state index contributed by atoms with van der Waals surface area (Å²) >= 11 is 0. The molecule has 114 valence electrons. The van der Waals surface area contributed by atoms with Gasteiger partial charge in [-0.1, -0.05) is 13.3 Å². The van der Waals surface area contributed by atoms with E-state index in [-0.39, 0.29) is 4.90 Å². The predicted octanol–water partition coefficient (Wildman–Crippen LogP) is 2.17. The summed E-state index contributed by atoms with van der Waals surface area (Å²) in [5.41, 5.74) is 0. The summed E-state index contributed by atoms with van der Waals surface area (Å²) in [6.45, 7) is 5.77. The Morgan fingerprint density at radius 3 is 2.75 bits per heavy atom. The molecule has 1 heterocycles. The van der Waals surface area contributed by atoms with E-state index >= 15 is 0 Å². The average Bonchev–Trinajstić information content (AvgIpc) is 2.69. The number of hydrogen-bond acceptors (Lipinski definition) is 4. The minimum Gasteiger partial charge on any atom is -0.464 e. The molecule has 0 unspecified atom stereocenters. The van der Waals surface area contributed by atoms with E-state index in [9.17, 15) is 8.42 Å². The van der Waals surface area contributed by atoms with E-state index in [1.165, 1.54) is 6.42 Å². The van der Waals surface area contributed by atoms with Crippen molar-refractivity contribution in [3.8, 4) is 0 Å². The molecule has 0 aromatic carbocycles. The van der Waals surface area contributed by atoms with Crippen LogP contribution in [0.25, 0.3) is 0 Å². The Balaban J connectivity index is 1.98. The molecule has 0 bridgehead atoms. The van der Waals surface area contributed by atoms with Crippen molar-refractivity contribution in [1.29, 1.82) is 0 Å². The third kappa shape index (κ3) is 3.84. The van der Waals surface area contributed by atoms with E-state index < -0.39 is 10.0 Å². The van der Waals surface area contributed by atoms with E-state index in [4.69, 9.17) is 4.42 Å². The zero-order valence-electron chi connectivity index (χ0n) is 12.2. The minimum absolute atomic E-state index is 0.269. The first-order valence-electron chi connectivity index (χ1n) is 7.32. The van der Waals surface area contributed by atoms with Crippen molar-refractivity contribution < 1.29 is 12.8 Å². The maximum absolute atomic E-state index is 12.2. The SMILES string of the molecule is CCCNCc1cc(S(=O)(=O)NCC2CCC2)c(C)o1. The first kappa shape index (κ1) is 15.5. The standard InChI is InChI=1S/C14H24N2O3S/c1-3-7-15-10-13-8-14(11(2)19-13)20(17,18)16-9-12-5-4-6-12/h8,12,15-16H,3-7,9-10H2,1-2H3. The highest BCUT2D eigenvalue weighted by Gasteiger charge is 2.24. The molecule has 1 aromatic rings. The molecule has 1 aliphatic carbocycles. The lowest BCUT2D eigenvalue weighted by Gasteiger charge is -2.25. The lowest BCUT2D eigenvalue weighted by molar-refractivity contribution is 0.316. The molecule has 0 saturated heterocycles. The van der Waals surface area contributed by atoms with Gasteiger partial charge in [-0.15, -0.1) is 0 Å². The van der Waals surface area contributed by atoms with Crippen LogP contribution >= 0.6 is 0 Å². The Morgan fingerprint density at radius 1 is 1.40 bits per heavy atom. The van der Waals surface area contributed by atoms with E-state index in [1.807, 2.05) is 0 Å². The Bertz CT molecular complexity index is 533. The van der Waals surface area contributed by atoms with Crippen molar-refractivity contribution in [3.05, 3.63) is 17.6 Å². The third-order valence-electron chi connectivity index (χ3n) is 3.73. The van der Waals surface area contributed by atoms with Crippen LogP contribution in [0.1, 0.15) is 44.1 Å². The molecule has 1 aromatic heterocycles. The molecule has 20 heavy (non-hydrogen) atoms. The molecule has 6 heteroatoms. The van der Waals surface area contributed by atoms with Gasteiger partial charge in [0, 0.05) is 12.6 Å². The van der Waals surface area contributed by atoms with Crippen LogP contribution in [-0.4, -0.2) is 21.5 Å². The summed E-state index contributed by atoms with van der Waals surface area (Å²) in [6, 6.07) is 1.63. The molecular weight excluding hydrogens is 276 g/mol. The van der Waals surface area contributed by atoms with Crippen molar-refractivity contribution in [3.63, 3.8) is 0 Å². The maximum atomic E-state index is 12.2. The largest absolute Gasteiger partial charge is 0.464 e. The van der Waals surface area contributed by atoms with Crippen LogP contribution < -0.4 is 10.0 Å². The average molecular weight is 300 g/mol. The normalized spacial score (nSPS) is 16.3. The third-order valence-corrected chi connectivity index (χ3v) is 5.26. The smallest absolute Gasteiger partial charge is 0.244 e. The lowest BCUT2D eigenvalue weighted by Crippen LogP contribution is -2.32. The number of aryl methyl sites for hydroxylation is 1. The second kappa shape index (κ2) is 6.74. The number of rotatable bonds is 8. The van der Waals surface area contributed by atoms with Crippen LogP contribution in [0, 0.1) is 12.8 Å². The zero-order valence-corrected chi connectivity index (χ0v) is 13.1. The molecule has 0 atom stereocenters. The fraction of sp³-hybridized carbons (Fsp3) is 0.714. The minimum atomic E-state index is -3.44. The first-order valence-corrected chi connectivity index (χ1v) is 8.81. The molecule has 0 spiro atoms. The molecule has 1 saturated carbocycles. The Morgan fingerprint density at radius 2 is 2.15 bits per heavy atom. The zero-order chi connectivity index (χ0) is 14.6. The van der Waals surface area contributed by atoms with Gasteiger partial charge < -0.3 is 9.73 Å². The van der Waals surface area contributed by atoms with Crippen LogP contribution in [0.15, 0.2) is 15.4 Å². The molecule has 5 nitrogen and oxygen atoms in total. The van der Waals surface area contributed by atoms with Crippen LogP contribution in [0.5, 0.6) is 0 Å². The van der Waals surface area contributed by atoms with Crippen LogP contribution in [0.3, 0.4) is 0 Å². The fourth-order valence-corrected chi connectivity index (χ4v) is 3.59. The van der Waals surface area contributed by atoms with Crippen molar-refractivity contribution in [2.24, 2.45) is 5.92 Å². The second-order valence-corrected chi connectivity index (χ2v) is 7.19. The molecular formula is C14H24N2O3S. The van der Waals surface area contributed by atoms with Gasteiger partial charge in [-0.2, -0.15) is 0 Å². The summed E-state index contributed by atoms with van der Waals surface area (Å²) in [4.78, 5) is 0.269. The summed E-state index contributed by atoms with van der Waals surface area (Å²) in [6.07, 6.45) is 4.50. The number of hydrogen-bond donors (Lipinski definition) is 2. The molecule has 1 aliphatic rings. The topological polar surface area (TPSA) is 71.3 Å². The molecule has 2 N–H and O–H groups in total. The van der Waals surface area contributed by atoms with Crippen LogP contribution in [0.4, 0.5) is 0 Å². The number of sulfonamides is 1. The van der Waals surface area contributed by atoms with Gasteiger partial charge in [0.15, 0.2) is 0 Å².